The number of aryl methyl sites for hydroxylation is 1. The quantitative estimate of drug-likeness (QED) is 0.477. The second-order valence-corrected chi connectivity index (χ2v) is 8.26. The van der Waals surface area contributed by atoms with Crippen LogP contribution < -0.4 is 10.9 Å². The zero-order valence-corrected chi connectivity index (χ0v) is 18.1. The summed E-state index contributed by atoms with van der Waals surface area (Å²) in [5.74, 6) is -0.608. The van der Waals surface area contributed by atoms with Gasteiger partial charge in [0.25, 0.3) is 5.56 Å². The summed E-state index contributed by atoms with van der Waals surface area (Å²) in [7, 11) is 0. The largest absolute Gasteiger partial charge is 0.348 e. The van der Waals surface area contributed by atoms with E-state index in [4.69, 9.17) is 0 Å². The summed E-state index contributed by atoms with van der Waals surface area (Å²) < 4.78 is 14.6. The van der Waals surface area contributed by atoms with Crippen molar-refractivity contribution >= 4 is 27.5 Å². The molecule has 0 radical (unpaired) electrons. The van der Waals surface area contributed by atoms with Gasteiger partial charge in [0.15, 0.2) is 0 Å². The highest BCUT2D eigenvalue weighted by Gasteiger charge is 2.16. The third kappa shape index (κ3) is 4.41. The molecule has 4 rings (SSSR count). The molecule has 0 aliphatic rings. The molecule has 1 unspecified atom stereocenters. The Bertz CT molecular complexity index is 1280. The predicted octanol–water partition coefficient (Wildman–Crippen LogP) is 4.70. The van der Waals surface area contributed by atoms with Gasteiger partial charge in [0.2, 0.25) is 5.91 Å². The normalized spacial score (nSPS) is 12.1. The minimum absolute atomic E-state index is 0.127. The number of nitrogens with one attached hydrogen (secondary N) is 1. The second kappa shape index (κ2) is 8.81. The minimum Gasteiger partial charge on any atom is -0.348 e. The molecule has 0 bridgehead atoms. The van der Waals surface area contributed by atoms with Gasteiger partial charge >= 0.3 is 0 Å². The molecule has 5 nitrogen and oxygen atoms in total. The van der Waals surface area contributed by atoms with Gasteiger partial charge in [-0.05, 0) is 42.2 Å². The number of amides is 1. The van der Waals surface area contributed by atoms with Crippen LogP contribution in [0.2, 0.25) is 0 Å². The second-order valence-electron chi connectivity index (χ2n) is 7.40. The summed E-state index contributed by atoms with van der Waals surface area (Å²) in [4.78, 5) is 30.6. The van der Waals surface area contributed by atoms with Gasteiger partial charge in [-0.15, -0.1) is 11.3 Å². The number of carbonyl (C=O) groups is 1. The highest BCUT2D eigenvalue weighted by Crippen LogP contribution is 2.30. The van der Waals surface area contributed by atoms with Crippen molar-refractivity contribution in [2.24, 2.45) is 0 Å². The van der Waals surface area contributed by atoms with Gasteiger partial charge in [-0.3, -0.25) is 14.2 Å². The van der Waals surface area contributed by atoms with E-state index in [0.29, 0.717) is 15.8 Å². The third-order valence-electron chi connectivity index (χ3n) is 5.30. The van der Waals surface area contributed by atoms with Gasteiger partial charge in [0.1, 0.15) is 17.2 Å². The average Bonchev–Trinajstić information content (AvgIpc) is 3.21. The fraction of sp³-hybridized carbons (Fsp3) is 0.208. The number of rotatable bonds is 6. The first-order valence-corrected chi connectivity index (χ1v) is 10.9. The van der Waals surface area contributed by atoms with E-state index >= 15 is 0 Å². The number of aromatic nitrogens is 2. The van der Waals surface area contributed by atoms with E-state index in [0.717, 1.165) is 17.5 Å². The fourth-order valence-corrected chi connectivity index (χ4v) is 4.40. The first kappa shape index (κ1) is 20.9. The average molecular weight is 436 g/mol. The lowest BCUT2D eigenvalue weighted by molar-refractivity contribution is -0.122. The van der Waals surface area contributed by atoms with Crippen LogP contribution in [0.1, 0.15) is 31.0 Å². The van der Waals surface area contributed by atoms with Gasteiger partial charge in [-0.25, -0.2) is 9.37 Å². The first-order chi connectivity index (χ1) is 15.0. The van der Waals surface area contributed by atoms with Gasteiger partial charge < -0.3 is 5.32 Å². The predicted molar refractivity (Wildman–Crippen MR) is 122 cm³/mol. The molecule has 0 aliphatic carbocycles. The standard InChI is InChI=1S/C24H22FN3O2S/c1-3-16-4-6-17(7-5-16)15(2)27-21(29)12-28-14-26-23-22(24(28)30)20(13-31-23)18-8-10-19(25)11-9-18/h4-11,13-15H,3,12H2,1-2H3,(H,27,29). The lowest BCUT2D eigenvalue weighted by Crippen LogP contribution is -2.33. The minimum atomic E-state index is -0.339. The van der Waals surface area contributed by atoms with Crippen molar-refractivity contribution in [3.8, 4) is 11.1 Å². The molecule has 31 heavy (non-hydrogen) atoms. The lowest BCUT2D eigenvalue weighted by Gasteiger charge is -2.15. The lowest BCUT2D eigenvalue weighted by atomic mass is 10.1. The molecule has 0 fully saturated rings. The molecule has 1 amide bonds. The topological polar surface area (TPSA) is 64.0 Å². The Morgan fingerprint density at radius 2 is 1.87 bits per heavy atom. The van der Waals surface area contributed by atoms with Crippen molar-refractivity contribution in [1.29, 1.82) is 0 Å². The number of fused-ring (bicyclic) bond motifs is 1. The molecule has 2 aromatic carbocycles. The summed E-state index contributed by atoms with van der Waals surface area (Å²) in [6.07, 6.45) is 2.36. The Balaban J connectivity index is 1.56. The van der Waals surface area contributed by atoms with Crippen LogP contribution in [0.15, 0.2) is 65.0 Å². The highest BCUT2D eigenvalue weighted by molar-refractivity contribution is 7.17. The van der Waals surface area contributed by atoms with Crippen molar-refractivity contribution in [2.45, 2.75) is 32.9 Å². The zero-order valence-electron chi connectivity index (χ0n) is 17.3. The Hall–Kier alpha value is -3.32. The number of carbonyl (C=O) groups excluding carboxylic acids is 1. The molecule has 1 atom stereocenters. The highest BCUT2D eigenvalue weighted by atomic mass is 32.1. The van der Waals surface area contributed by atoms with Gasteiger partial charge in [-0.1, -0.05) is 43.3 Å². The monoisotopic (exact) mass is 435 g/mol. The fourth-order valence-electron chi connectivity index (χ4n) is 3.49. The summed E-state index contributed by atoms with van der Waals surface area (Å²) in [6.45, 7) is 3.88. The molecule has 2 heterocycles. The molecular weight excluding hydrogens is 413 g/mol. The van der Waals surface area contributed by atoms with E-state index in [1.165, 1.54) is 39.9 Å². The Morgan fingerprint density at radius 1 is 1.16 bits per heavy atom. The summed E-state index contributed by atoms with van der Waals surface area (Å²) in [5, 5.41) is 5.21. The van der Waals surface area contributed by atoms with E-state index < -0.39 is 0 Å². The molecule has 1 N–H and O–H groups in total. The Kier molecular flexibility index (Phi) is 5.95. The molecule has 0 aliphatic heterocycles. The Labute approximate surface area is 183 Å². The van der Waals surface area contributed by atoms with E-state index in [1.54, 1.807) is 12.1 Å². The maximum atomic E-state index is 13.3. The third-order valence-corrected chi connectivity index (χ3v) is 6.18. The van der Waals surface area contributed by atoms with Gasteiger partial charge in [-0.2, -0.15) is 0 Å². The number of benzene rings is 2. The van der Waals surface area contributed by atoms with Crippen molar-refractivity contribution in [2.75, 3.05) is 0 Å². The SMILES string of the molecule is CCc1ccc(C(C)NC(=O)Cn2cnc3scc(-c4ccc(F)cc4)c3c2=O)cc1. The molecule has 0 saturated heterocycles. The number of hydrogen-bond acceptors (Lipinski definition) is 4. The molecule has 0 spiro atoms. The number of thiophene rings is 1. The van der Waals surface area contributed by atoms with Crippen molar-refractivity contribution < 1.29 is 9.18 Å². The number of nitrogens with zero attached hydrogens (tertiary/aromatic N) is 2. The molecule has 0 saturated carbocycles. The van der Waals surface area contributed by atoms with E-state index in [-0.39, 0.29) is 29.9 Å². The maximum absolute atomic E-state index is 13.3. The number of hydrogen-bond donors (Lipinski definition) is 1. The van der Waals surface area contributed by atoms with Crippen LogP contribution in [0, 0.1) is 5.82 Å². The smallest absolute Gasteiger partial charge is 0.263 e. The van der Waals surface area contributed by atoms with Crippen molar-refractivity contribution in [3.63, 3.8) is 0 Å². The Morgan fingerprint density at radius 3 is 2.55 bits per heavy atom. The van der Waals surface area contributed by atoms with Crippen LogP contribution >= 0.6 is 11.3 Å². The summed E-state index contributed by atoms with van der Waals surface area (Å²) in [5.41, 5.74) is 3.37. The van der Waals surface area contributed by atoms with Crippen molar-refractivity contribution in [3.05, 3.63) is 87.5 Å². The molecule has 2 aromatic heterocycles. The van der Waals surface area contributed by atoms with Crippen LogP contribution in [0.5, 0.6) is 0 Å². The van der Waals surface area contributed by atoms with Gasteiger partial charge in [0, 0.05) is 10.9 Å². The van der Waals surface area contributed by atoms with E-state index in [1.807, 2.05) is 36.6 Å². The molecule has 4 aromatic rings. The summed E-state index contributed by atoms with van der Waals surface area (Å²) in [6, 6.07) is 13.9. The first-order valence-electron chi connectivity index (χ1n) is 10.1. The summed E-state index contributed by atoms with van der Waals surface area (Å²) >= 11 is 1.35. The van der Waals surface area contributed by atoms with Crippen LogP contribution in [-0.2, 0) is 17.8 Å². The maximum Gasteiger partial charge on any atom is 0.263 e. The van der Waals surface area contributed by atoms with Crippen LogP contribution in [-0.4, -0.2) is 15.5 Å². The van der Waals surface area contributed by atoms with Crippen molar-refractivity contribution in [1.82, 2.24) is 14.9 Å². The number of halogens is 1. The van der Waals surface area contributed by atoms with Crippen LogP contribution in [0.4, 0.5) is 4.39 Å². The molecular formula is C24H22FN3O2S. The van der Waals surface area contributed by atoms with Crippen LogP contribution in [0.25, 0.3) is 21.3 Å². The van der Waals surface area contributed by atoms with E-state index in [2.05, 4.69) is 17.2 Å². The molecule has 158 valence electrons. The van der Waals surface area contributed by atoms with Gasteiger partial charge in [0.05, 0.1) is 17.8 Å². The van der Waals surface area contributed by atoms with Crippen LogP contribution in [0.3, 0.4) is 0 Å². The molecule has 7 heteroatoms. The zero-order chi connectivity index (χ0) is 22.0. The van der Waals surface area contributed by atoms with E-state index in [9.17, 15) is 14.0 Å².